The number of hydrogen-bond donors (Lipinski definition) is 0. The van der Waals surface area contributed by atoms with Crippen molar-refractivity contribution in [2.45, 2.75) is 77.6 Å². The molecule has 4 heterocycles. The Hall–Kier alpha value is -10.1. The molecule has 0 amide bonds. The van der Waals surface area contributed by atoms with Gasteiger partial charge in [0.1, 0.15) is 17.3 Å². The Morgan fingerprint density at radius 3 is 1.74 bits per heavy atom. The van der Waals surface area contributed by atoms with E-state index in [1.165, 1.54) is 0 Å². The average molecular weight is 1200 g/mol. The van der Waals surface area contributed by atoms with Crippen LogP contribution in [-0.2, 0) is 16.2 Å². The number of hydrogen-bond acceptors (Lipinski definition) is 2. The van der Waals surface area contributed by atoms with Crippen molar-refractivity contribution in [1.29, 1.82) is 0 Å². The summed E-state index contributed by atoms with van der Waals surface area (Å²) in [5.74, 6) is 1.74. The van der Waals surface area contributed by atoms with Crippen LogP contribution in [-0.4, -0.2) is 22.2 Å². The standard InChI is InChI=1S/C84H70N4OSi/c1-82(2,3)57-45-48-85-79(50-57)88-76-41-20-19-37-68(76)69-44-43-60(52-78(69)88)89-59-27-22-26-58(51-59)86-55-87-80-65(56-25-21-34-64(49-56)90(61-28-11-8-12-29-61,62-30-13-9-14-31-62)63-32-15-10-16-33-63)38-23-39-71(80)73-54-75-74(83(4,5)46-47-84(75,6)7)53-72(73)67-36-18-17-35-66(67)70-40-24-42-77(86)81(70)87/h8-45,48-54H,46-47H2,1-7H3/i8D,9D,10D,11D,12D,13D,14D,15D,16D,21D,25D,28D,29D,30D,31D,32D,33D,34D,49D. The Labute approximate surface area is 555 Å². The highest BCUT2D eigenvalue weighted by molar-refractivity contribution is 7.19. The van der Waals surface area contributed by atoms with Crippen LogP contribution in [0.1, 0.15) is 104 Å². The van der Waals surface area contributed by atoms with E-state index in [9.17, 15) is 21.9 Å². The Bertz CT molecular complexity index is 6100. The number of nitrogens with zero attached hydrogens (tertiary/aromatic N) is 4. The Morgan fingerprint density at radius 1 is 0.500 bits per heavy atom. The third-order valence-corrected chi connectivity index (χ3v) is 22.4. The molecule has 0 unspecified atom stereocenters. The first kappa shape index (κ1) is 38.3. The Balaban J connectivity index is 1.02. The van der Waals surface area contributed by atoms with Gasteiger partial charge < -0.3 is 4.74 Å². The molecule has 90 heavy (non-hydrogen) atoms. The van der Waals surface area contributed by atoms with Crippen molar-refractivity contribution in [3.63, 3.8) is 0 Å². The lowest BCUT2D eigenvalue weighted by molar-refractivity contribution is -0.570. The van der Waals surface area contributed by atoms with E-state index in [1.54, 1.807) is 12.1 Å². The van der Waals surface area contributed by atoms with Crippen LogP contribution < -0.4 is 30.1 Å². The van der Waals surface area contributed by atoms with Crippen LogP contribution in [0.15, 0.2) is 273 Å². The van der Waals surface area contributed by atoms with E-state index in [4.69, 9.17) is 13.8 Å². The van der Waals surface area contributed by atoms with E-state index >= 15 is 0 Å². The molecule has 2 aliphatic rings. The van der Waals surface area contributed by atoms with Crippen molar-refractivity contribution in [3.05, 3.63) is 296 Å². The van der Waals surface area contributed by atoms with E-state index in [1.807, 2.05) is 112 Å². The second-order valence-electron chi connectivity index (χ2n) is 25.7. The Kier molecular flexibility index (Phi) is 8.94. The van der Waals surface area contributed by atoms with Crippen LogP contribution >= 0.6 is 0 Å². The molecule has 6 heteroatoms. The summed E-state index contributed by atoms with van der Waals surface area (Å²) < 4.78 is 197. The third kappa shape index (κ3) is 8.86. The predicted molar refractivity (Wildman–Crippen MR) is 375 cm³/mol. The molecule has 16 rings (SSSR count). The van der Waals surface area contributed by atoms with Gasteiger partial charge >= 0.3 is 0 Å². The molecule has 1 aliphatic heterocycles. The number of para-hydroxylation sites is 3. The monoisotopic (exact) mass is 1200 g/mol. The van der Waals surface area contributed by atoms with Crippen molar-refractivity contribution in [3.8, 4) is 73.2 Å². The number of rotatable bonds is 9. The van der Waals surface area contributed by atoms with Gasteiger partial charge in [0.05, 0.1) is 59.5 Å². The molecule has 11 aromatic carbocycles. The molecule has 0 saturated heterocycles. The van der Waals surface area contributed by atoms with E-state index in [2.05, 4.69) is 102 Å². The maximum Gasteiger partial charge on any atom is 0.269 e. The second kappa shape index (κ2) is 21.0. The first-order valence-electron chi connectivity index (χ1n) is 39.7. The number of fused-ring (bicyclic) bond motifs is 11. The van der Waals surface area contributed by atoms with Crippen molar-refractivity contribution in [2.24, 2.45) is 0 Å². The molecule has 0 radical (unpaired) electrons. The highest BCUT2D eigenvalue weighted by atomic mass is 28.3. The summed E-state index contributed by atoms with van der Waals surface area (Å²) >= 11 is 0. The van der Waals surface area contributed by atoms with Crippen LogP contribution in [0.25, 0.3) is 94.5 Å². The van der Waals surface area contributed by atoms with Crippen LogP contribution in [0.3, 0.4) is 0 Å². The summed E-state index contributed by atoms with van der Waals surface area (Å²) in [6.45, 7) is 15.4. The number of aromatic nitrogens is 4. The molecule has 0 atom stereocenters. The number of imidazole rings is 1. The summed E-state index contributed by atoms with van der Waals surface area (Å²) in [6.07, 6.45) is 7.31. The molecule has 0 bridgehead atoms. The van der Waals surface area contributed by atoms with Gasteiger partial charge in [-0.2, -0.15) is 0 Å². The van der Waals surface area contributed by atoms with Crippen LogP contribution in [0.4, 0.5) is 0 Å². The van der Waals surface area contributed by atoms with E-state index < -0.39 is 149 Å². The lowest BCUT2D eigenvalue weighted by Crippen LogP contribution is -2.74. The van der Waals surface area contributed by atoms with Gasteiger partial charge in [0.15, 0.2) is 8.07 Å². The van der Waals surface area contributed by atoms with E-state index in [0.29, 0.717) is 44.9 Å². The molecular weight excluding hydrogens is 1110 g/mol. The average Bonchev–Trinajstić information content (AvgIpc) is 1.29. The summed E-state index contributed by atoms with van der Waals surface area (Å²) in [4.78, 5) is 4.90. The fraction of sp³-hybridized carbons (Fsp3) is 0.143. The molecule has 436 valence electrons. The fourth-order valence-corrected chi connectivity index (χ4v) is 17.3. The minimum Gasteiger partial charge on any atom is -0.458 e. The van der Waals surface area contributed by atoms with Gasteiger partial charge in [-0.05, 0) is 166 Å². The molecular formula is C84H70N4OSi. The van der Waals surface area contributed by atoms with E-state index in [0.717, 1.165) is 73.8 Å². The third-order valence-electron chi connectivity index (χ3n) is 18.4. The van der Waals surface area contributed by atoms with Gasteiger partial charge in [0.25, 0.3) is 6.33 Å². The van der Waals surface area contributed by atoms with E-state index in [-0.39, 0.29) is 27.5 Å². The minimum absolute atomic E-state index is 0.0166. The van der Waals surface area contributed by atoms with Crippen molar-refractivity contribution < 1.29 is 35.3 Å². The fourth-order valence-electron chi connectivity index (χ4n) is 13.8. The predicted octanol–water partition coefficient (Wildman–Crippen LogP) is 18.0. The summed E-state index contributed by atoms with van der Waals surface area (Å²) in [6, 6.07) is 30.0. The highest BCUT2D eigenvalue weighted by Gasteiger charge is 2.42. The Morgan fingerprint density at radius 2 is 1.06 bits per heavy atom. The second-order valence-corrected chi connectivity index (χ2v) is 29.2. The zero-order valence-electron chi connectivity index (χ0n) is 69.6. The number of benzene rings is 11. The van der Waals surface area contributed by atoms with Crippen LogP contribution in [0.2, 0.25) is 0 Å². The molecule has 1 aliphatic carbocycles. The SMILES string of the molecule is [2H]c1c([2H])c([2H])c([Si](c2c([2H])c([2H])c([2H])c([2H])c2[2H])(c2c([2H])c([2H])c([2H])c([2H])c2[2H])c2c([2H])c([2H])c([2H])c(-c3cccc4c3-[n+]3[c-]n(-c5cccc(Oc6ccc7c8ccccc8n(-c8cc(C(C)(C)C)ccn8)c7c6)c5)c5cccc(c53)-c3ccccc3-c3cc5c(cc3-4)C(C)(C)CCC5(C)C)c2[2H])c([2H])c1[2H]. The molecule has 5 nitrogen and oxygen atoms in total. The van der Waals surface area contributed by atoms with Gasteiger partial charge in [-0.1, -0.05) is 254 Å². The summed E-state index contributed by atoms with van der Waals surface area (Å²) in [5.41, 5.74) is 10.3. The molecule has 0 saturated carbocycles. The number of ether oxygens (including phenoxy) is 1. The smallest absolute Gasteiger partial charge is 0.269 e. The quantitative estimate of drug-likeness (QED) is 0.0625. The van der Waals surface area contributed by atoms with Gasteiger partial charge in [0.2, 0.25) is 0 Å². The number of pyridine rings is 1. The maximum atomic E-state index is 11.2. The molecule has 14 aromatic rings. The topological polar surface area (TPSA) is 35.9 Å². The van der Waals surface area contributed by atoms with Crippen LogP contribution in [0, 0.1) is 6.33 Å². The van der Waals surface area contributed by atoms with Crippen LogP contribution in [0.5, 0.6) is 11.5 Å². The largest absolute Gasteiger partial charge is 0.458 e. The lowest BCUT2D eigenvalue weighted by Gasteiger charge is -2.42. The molecule has 0 fully saturated rings. The first-order chi connectivity index (χ1) is 51.6. The highest BCUT2D eigenvalue weighted by Crippen LogP contribution is 2.52. The minimum atomic E-state index is -6.28. The van der Waals surface area contributed by atoms with Gasteiger partial charge in [0, 0.05) is 23.0 Å². The normalized spacial score (nSPS) is 17.0. The maximum absolute atomic E-state index is 11.2. The zero-order valence-corrected chi connectivity index (χ0v) is 51.6. The summed E-state index contributed by atoms with van der Waals surface area (Å²) in [5, 5.41) is -1.65. The molecule has 3 aromatic heterocycles. The molecule has 0 spiro atoms. The zero-order chi connectivity index (χ0) is 77.6. The van der Waals surface area contributed by atoms with Crippen molar-refractivity contribution in [1.82, 2.24) is 14.1 Å². The summed E-state index contributed by atoms with van der Waals surface area (Å²) in [7, 11) is -6.28. The molecule has 0 N–H and O–H groups in total. The van der Waals surface area contributed by atoms with Gasteiger partial charge in [-0.15, -0.1) is 0 Å². The van der Waals surface area contributed by atoms with Gasteiger partial charge in [-0.3, -0.25) is 13.7 Å². The van der Waals surface area contributed by atoms with Crippen molar-refractivity contribution in [2.75, 3.05) is 0 Å². The first-order valence-corrected chi connectivity index (χ1v) is 32.2. The van der Waals surface area contributed by atoms with Crippen molar-refractivity contribution >= 4 is 61.7 Å². The lowest BCUT2D eigenvalue weighted by atomic mass is 9.62. The van der Waals surface area contributed by atoms with Gasteiger partial charge in [-0.25, -0.2) is 4.98 Å².